The van der Waals surface area contributed by atoms with E-state index in [0.29, 0.717) is 9.80 Å². The first-order valence-electron chi connectivity index (χ1n) is 10.5. The Balaban J connectivity index is -0.000000272. The zero-order chi connectivity index (χ0) is 31.8. The number of rotatable bonds is 21. The minimum absolute atomic E-state index is 0. The van der Waals surface area contributed by atoms with Gasteiger partial charge in [-0.1, -0.05) is 30.4 Å². The summed E-state index contributed by atoms with van der Waals surface area (Å²) in [7, 11) is -31.3. The molecule has 0 aromatic carbocycles. The van der Waals surface area contributed by atoms with Gasteiger partial charge < -0.3 is 77.0 Å². The Labute approximate surface area is 619 Å². The van der Waals surface area contributed by atoms with Gasteiger partial charge in [-0.15, -0.1) is 0 Å². The third-order valence-corrected chi connectivity index (χ3v) is 8.98. The summed E-state index contributed by atoms with van der Waals surface area (Å²) in [6.45, 7) is -3.75. The molecule has 0 spiro atoms. The third-order valence-electron chi connectivity index (χ3n) is 4.46. The zero-order valence-corrected chi connectivity index (χ0v) is 58.8. The first-order valence-corrected chi connectivity index (χ1v) is 21.1. The second-order valence-electron chi connectivity index (χ2n) is 8.65. The third kappa shape index (κ3) is 59.8. The topological polar surface area (TPSA) is 381 Å². The fourth-order valence-electron chi connectivity index (χ4n) is 3.23. The van der Waals surface area contributed by atoms with Crippen molar-refractivity contribution in [1.29, 1.82) is 0 Å². The van der Waals surface area contributed by atoms with Crippen molar-refractivity contribution in [3.8, 4) is 0 Å². The molecule has 48 heavy (non-hydrogen) atoms. The van der Waals surface area contributed by atoms with Gasteiger partial charge in [-0.05, 0) is 0 Å². The average molecular weight is 1010 g/mol. The molecule has 0 atom stereocenters. The van der Waals surface area contributed by atoms with Gasteiger partial charge in [0.2, 0.25) is 0 Å². The van der Waals surface area contributed by atoms with Gasteiger partial charge >= 0.3 is 426 Å². The van der Waals surface area contributed by atoms with Crippen molar-refractivity contribution in [1.82, 2.24) is 19.6 Å². The van der Waals surface area contributed by atoms with Crippen LogP contribution < -0.4 is 450 Å². The van der Waals surface area contributed by atoms with E-state index in [1.807, 2.05) is 0 Å². The molecule has 0 fully saturated rings. The van der Waals surface area contributed by atoms with E-state index in [0.717, 1.165) is 9.80 Å². The van der Waals surface area contributed by atoms with Gasteiger partial charge in [-0.2, -0.15) is 0 Å². The van der Waals surface area contributed by atoms with Crippen LogP contribution in [0.4, 0.5) is 0 Å². The van der Waals surface area contributed by atoms with Crippen LogP contribution in [0.5, 0.6) is 0 Å². The molecule has 0 rings (SSSR count). The molecule has 0 saturated carbocycles. The minimum atomic E-state index is -5.41. The molecule has 0 aliphatic rings. The van der Waals surface area contributed by atoms with Gasteiger partial charge in [0.15, 0.2) is 0 Å². The van der Waals surface area contributed by atoms with Crippen LogP contribution in [0, 0.1) is 0 Å². The van der Waals surface area contributed by atoms with Crippen molar-refractivity contribution >= 4 is 45.6 Å². The molecule has 0 aromatic heterocycles. The maximum absolute atomic E-state index is 11.3. The van der Waals surface area contributed by atoms with Crippen molar-refractivity contribution in [2.24, 2.45) is 0 Å². The van der Waals surface area contributed by atoms with Gasteiger partial charge in [0.05, 0.1) is 0 Å². The maximum atomic E-state index is 11.3. The van der Waals surface area contributed by atoms with Gasteiger partial charge in [-0.25, -0.2) is 0 Å². The van der Waals surface area contributed by atoms with Crippen LogP contribution in [0.15, 0.2) is 0 Å². The van der Waals surface area contributed by atoms with Gasteiger partial charge in [-0.3, -0.25) is 28.7 Å². The largest absolute Gasteiger partial charge is 1.00 e. The predicted octanol–water partition coefficient (Wildman–Crippen LogP) is -32.0. The molecule has 36 heteroatoms. The summed E-state index contributed by atoms with van der Waals surface area (Å²) in [5.74, 6) is 0. The minimum Gasteiger partial charge on any atom is -0.810 e. The Hall–Kier alpha value is 13.8. The van der Waals surface area contributed by atoms with E-state index in [1.165, 1.54) is 0 Å². The molecule has 0 unspecified atom stereocenters. The monoisotopic (exact) mass is 1010 g/mol. The summed E-state index contributed by atoms with van der Waals surface area (Å²) in [4.78, 5) is 128. The normalized spacial score (nSPS) is 12.2. The Morgan fingerprint density at radius 3 is 0.625 bits per heavy atom. The fraction of sp³-hybridized carbons (Fsp3) is 1.00. The summed E-state index contributed by atoms with van der Waals surface area (Å²) < 4.78 is 67.3. The summed E-state index contributed by atoms with van der Waals surface area (Å²) in [5, 5.41) is 0. The first-order chi connectivity index (χ1) is 17.5. The quantitative estimate of drug-likeness (QED) is 0.0613. The molecule has 22 nitrogen and oxygen atoms in total. The van der Waals surface area contributed by atoms with Gasteiger partial charge in [0, 0.05) is 64.4 Å². The Morgan fingerprint density at radius 2 is 0.458 bits per heavy atom. The summed E-state index contributed by atoms with van der Waals surface area (Å²) in [6.07, 6.45) is -7.77. The Kier molecular flexibility index (Phi) is 68.2. The van der Waals surface area contributed by atoms with Crippen LogP contribution >= 0.6 is 45.6 Å². The zero-order valence-electron chi connectivity index (χ0n) is 28.5. The molecule has 0 heterocycles. The fourth-order valence-corrected chi connectivity index (χ4v) is 8.08. The molecule has 4 N–H and O–H groups in total. The van der Waals surface area contributed by atoms with Crippen LogP contribution in [-0.2, 0) is 27.4 Å². The molecule has 0 aromatic rings. The summed E-state index contributed by atoms with van der Waals surface area (Å²) >= 11 is 0. The van der Waals surface area contributed by atoms with Crippen LogP contribution in [-0.4, -0.2) is 116 Å². The molecule has 242 valence electrons. The standard InChI is InChI=1S/C12H36N4O18P6.8K/c17-35(18,19)7-13(3-5-15(9-37(23,24)25)10-38(26,27)28)1-2-14(8-36(20,21)22)4-6-16(11-39(29,30)31)12-40(32,33)34;;;;;;;;/h1-12H2,(H2,17,18,19)(H2,20,21,22)(H2,23,24,25)(H2,26,27,28)(H2,29,30,31)(H2,32,33,34);;;;;;;;/q;8*+1/p-8. The van der Waals surface area contributed by atoms with E-state index in [2.05, 4.69) is 0 Å². The van der Waals surface area contributed by atoms with Crippen molar-refractivity contribution in [3.63, 3.8) is 0 Å². The molecule has 0 bridgehead atoms. The molecule has 0 aliphatic carbocycles. The van der Waals surface area contributed by atoms with Crippen molar-refractivity contribution in [3.05, 3.63) is 0 Å². The SMILES string of the molecule is O=P([O-])([O-])CN(CCN(CCN(CP(=O)(O)O)CP(=O)(O)O)CP(=O)([O-])[O-])CCN(CP(=O)([O-])[O-])CP(=O)([O-])[O-].[K+].[K+].[K+].[K+].[K+].[K+].[K+].[K+]. The molecule has 0 aliphatic heterocycles. The van der Waals surface area contributed by atoms with Crippen molar-refractivity contribution in [2.45, 2.75) is 0 Å². The van der Waals surface area contributed by atoms with Gasteiger partial charge in [0.25, 0.3) is 0 Å². The molecular weight excluding hydrogens is 987 g/mol. The summed E-state index contributed by atoms with van der Waals surface area (Å²) in [6, 6.07) is 0. The Bertz CT molecular complexity index is 972. The number of hydrogen-bond donors (Lipinski definition) is 4. The van der Waals surface area contributed by atoms with Crippen molar-refractivity contribution < 1.29 is 497 Å². The number of hydrogen-bond acceptors (Lipinski definition) is 18. The maximum Gasteiger partial charge on any atom is 1.00 e. The van der Waals surface area contributed by atoms with E-state index < -0.39 is 123 Å². The molecule has 0 radical (unpaired) electrons. The van der Waals surface area contributed by atoms with Gasteiger partial charge in [0.1, 0.15) is 12.6 Å². The van der Waals surface area contributed by atoms with Crippen LogP contribution in [0.1, 0.15) is 0 Å². The Morgan fingerprint density at radius 1 is 0.312 bits per heavy atom. The average Bonchev–Trinajstić information content (AvgIpc) is 2.60. The van der Waals surface area contributed by atoms with E-state index >= 15 is 0 Å². The summed E-state index contributed by atoms with van der Waals surface area (Å²) in [5.41, 5.74) is 0. The van der Waals surface area contributed by atoms with Crippen LogP contribution in [0.3, 0.4) is 0 Å². The second kappa shape index (κ2) is 39.9. The van der Waals surface area contributed by atoms with E-state index in [9.17, 15) is 66.5 Å². The molecular formula is C12H28K8N4O18P6. The van der Waals surface area contributed by atoms with Crippen molar-refractivity contribution in [2.75, 3.05) is 77.0 Å². The van der Waals surface area contributed by atoms with E-state index in [1.54, 1.807) is 0 Å². The first kappa shape index (κ1) is 82.0. The van der Waals surface area contributed by atoms with E-state index in [-0.39, 0.29) is 411 Å². The molecule has 0 amide bonds. The van der Waals surface area contributed by atoms with E-state index in [4.69, 9.17) is 19.6 Å². The van der Waals surface area contributed by atoms with Crippen LogP contribution in [0.25, 0.3) is 0 Å². The molecule has 0 saturated heterocycles. The number of nitrogens with zero attached hydrogens (tertiary/aromatic N) is 4. The second-order valence-corrected chi connectivity index (χ2v) is 17.9. The predicted molar refractivity (Wildman–Crippen MR) is 120 cm³/mol. The smallest absolute Gasteiger partial charge is 0.810 e. The van der Waals surface area contributed by atoms with Crippen LogP contribution in [0.2, 0.25) is 0 Å².